The van der Waals surface area contributed by atoms with Crippen molar-refractivity contribution in [3.8, 4) is 11.6 Å². The number of rotatable bonds is 4. The fourth-order valence-electron chi connectivity index (χ4n) is 3.47. The Labute approximate surface area is 190 Å². The smallest absolute Gasteiger partial charge is 0.332 e. The highest BCUT2D eigenvalue weighted by molar-refractivity contribution is 7.71. The Bertz CT molecular complexity index is 1690. The van der Waals surface area contributed by atoms with Gasteiger partial charge in [0.2, 0.25) is 11.8 Å². The Hall–Kier alpha value is -4.26. The van der Waals surface area contributed by atoms with Crippen molar-refractivity contribution >= 4 is 35.5 Å². The number of aromatic nitrogens is 6. The highest BCUT2D eigenvalue weighted by atomic mass is 32.1. The molecule has 4 rings (SSSR count). The molecule has 0 aliphatic carbocycles. The monoisotopic (exact) mass is 468 g/mol. The standard InChI is InChI=1S/C20H20N8O4S/c1-10-7-5-6-8-12(10)28-16(30)11(15(29)23-19(28)33)9-21-24-18-22-14-13(25(18)2)17(31)27(4)20(32)26(14)3/h5-9,30H,1-4H3,(H,22,24)(H,23,29,33). The molecule has 0 aliphatic rings. The van der Waals surface area contributed by atoms with Gasteiger partial charge in [-0.3, -0.25) is 28.3 Å². The van der Waals surface area contributed by atoms with E-state index in [-0.39, 0.29) is 33.3 Å². The summed E-state index contributed by atoms with van der Waals surface area (Å²) in [6.07, 6.45) is 1.12. The van der Waals surface area contributed by atoms with Crippen LogP contribution in [0.2, 0.25) is 0 Å². The SMILES string of the molecule is Cc1ccccc1-n1c(O)c(C=NNc2nc3c(c(=O)n(C)c(=O)n3C)n2C)c(=O)[nH]c1=S. The minimum atomic E-state index is -0.630. The number of hydrogen-bond acceptors (Lipinski definition) is 8. The van der Waals surface area contributed by atoms with Crippen molar-refractivity contribution in [3.63, 3.8) is 0 Å². The molecule has 3 heterocycles. The van der Waals surface area contributed by atoms with E-state index in [9.17, 15) is 19.5 Å². The summed E-state index contributed by atoms with van der Waals surface area (Å²) in [5.74, 6) is -0.230. The molecular weight excluding hydrogens is 448 g/mol. The van der Waals surface area contributed by atoms with E-state index in [2.05, 4.69) is 20.5 Å². The van der Waals surface area contributed by atoms with Gasteiger partial charge in [0.25, 0.3) is 11.1 Å². The number of aromatic amines is 1. The van der Waals surface area contributed by atoms with Gasteiger partial charge in [0.15, 0.2) is 15.9 Å². The number of nitrogens with zero attached hydrogens (tertiary/aromatic N) is 6. The van der Waals surface area contributed by atoms with E-state index in [0.29, 0.717) is 5.69 Å². The molecule has 0 saturated carbocycles. The number of H-pyrrole nitrogens is 1. The van der Waals surface area contributed by atoms with Crippen molar-refractivity contribution < 1.29 is 5.11 Å². The first-order chi connectivity index (χ1) is 15.6. The topological polar surface area (TPSA) is 144 Å². The number of aryl methyl sites for hydroxylation is 3. The summed E-state index contributed by atoms with van der Waals surface area (Å²) in [5.41, 5.74) is 2.67. The zero-order valence-corrected chi connectivity index (χ0v) is 19.0. The summed E-state index contributed by atoms with van der Waals surface area (Å²) in [7, 11) is 4.47. The lowest BCUT2D eigenvalue weighted by Crippen LogP contribution is -2.37. The molecule has 0 saturated heterocycles. The second-order valence-electron chi connectivity index (χ2n) is 7.36. The van der Waals surface area contributed by atoms with Gasteiger partial charge in [-0.05, 0) is 30.8 Å². The van der Waals surface area contributed by atoms with Crippen LogP contribution in [0.25, 0.3) is 16.9 Å². The number of para-hydroxylation sites is 1. The molecule has 1 aromatic carbocycles. The van der Waals surface area contributed by atoms with Crippen LogP contribution < -0.4 is 22.2 Å². The Morgan fingerprint density at radius 2 is 1.82 bits per heavy atom. The average Bonchev–Trinajstić information content (AvgIpc) is 3.10. The zero-order valence-electron chi connectivity index (χ0n) is 18.2. The number of hydrogen-bond donors (Lipinski definition) is 3. The van der Waals surface area contributed by atoms with Gasteiger partial charge in [-0.1, -0.05) is 18.2 Å². The minimum absolute atomic E-state index is 0.0315. The number of hydrazone groups is 1. The van der Waals surface area contributed by atoms with Gasteiger partial charge in [0.05, 0.1) is 11.9 Å². The van der Waals surface area contributed by atoms with Crippen molar-refractivity contribution in [2.45, 2.75) is 6.92 Å². The van der Waals surface area contributed by atoms with E-state index in [1.165, 1.54) is 27.8 Å². The van der Waals surface area contributed by atoms with E-state index in [1.807, 2.05) is 19.1 Å². The van der Waals surface area contributed by atoms with Crippen molar-refractivity contribution in [1.82, 2.24) is 28.2 Å². The first-order valence-electron chi connectivity index (χ1n) is 9.69. The maximum absolute atomic E-state index is 12.5. The second kappa shape index (κ2) is 8.02. The average molecular weight is 468 g/mol. The number of fused-ring (bicyclic) bond motifs is 1. The van der Waals surface area contributed by atoms with Crippen molar-refractivity contribution in [2.24, 2.45) is 26.2 Å². The molecule has 13 heteroatoms. The van der Waals surface area contributed by atoms with Crippen molar-refractivity contribution in [3.05, 3.63) is 71.4 Å². The minimum Gasteiger partial charge on any atom is -0.494 e. The summed E-state index contributed by atoms with van der Waals surface area (Å²) in [6.45, 7) is 1.85. The van der Waals surface area contributed by atoms with Crippen LogP contribution >= 0.6 is 12.2 Å². The summed E-state index contributed by atoms with van der Waals surface area (Å²) in [5, 5.41) is 14.8. The van der Waals surface area contributed by atoms with E-state index in [4.69, 9.17) is 12.2 Å². The summed E-state index contributed by atoms with van der Waals surface area (Å²) in [4.78, 5) is 43.8. The van der Waals surface area contributed by atoms with E-state index >= 15 is 0 Å². The van der Waals surface area contributed by atoms with E-state index in [0.717, 1.165) is 16.3 Å². The molecule has 12 nitrogen and oxygen atoms in total. The lowest BCUT2D eigenvalue weighted by molar-refractivity contribution is 0.432. The lowest BCUT2D eigenvalue weighted by atomic mass is 10.2. The molecule has 0 atom stereocenters. The van der Waals surface area contributed by atoms with Gasteiger partial charge in [-0.25, -0.2) is 10.2 Å². The number of anilines is 1. The quantitative estimate of drug-likeness (QED) is 0.226. The van der Waals surface area contributed by atoms with Crippen molar-refractivity contribution in [2.75, 3.05) is 5.43 Å². The largest absolute Gasteiger partial charge is 0.494 e. The van der Waals surface area contributed by atoms with E-state index < -0.39 is 16.8 Å². The van der Waals surface area contributed by atoms with Crippen LogP contribution in [0, 0.1) is 11.7 Å². The molecule has 0 spiro atoms. The summed E-state index contributed by atoms with van der Waals surface area (Å²) < 4.78 is 5.04. The van der Waals surface area contributed by atoms with Crippen molar-refractivity contribution in [1.29, 1.82) is 0 Å². The predicted molar refractivity (Wildman–Crippen MR) is 126 cm³/mol. The Kier molecular flexibility index (Phi) is 5.33. The van der Waals surface area contributed by atoms with Gasteiger partial charge in [-0.15, -0.1) is 0 Å². The third-order valence-corrected chi connectivity index (χ3v) is 5.60. The number of benzene rings is 1. The highest BCUT2D eigenvalue weighted by Crippen LogP contribution is 2.21. The molecule has 4 aromatic rings. The molecule has 0 bridgehead atoms. The summed E-state index contributed by atoms with van der Waals surface area (Å²) >= 11 is 5.23. The lowest BCUT2D eigenvalue weighted by Gasteiger charge is -2.13. The Morgan fingerprint density at radius 3 is 2.52 bits per heavy atom. The van der Waals surface area contributed by atoms with Crippen LogP contribution in [0.1, 0.15) is 11.1 Å². The van der Waals surface area contributed by atoms with Gasteiger partial charge >= 0.3 is 5.69 Å². The number of aromatic hydroxyl groups is 1. The number of nitrogens with one attached hydrogen (secondary N) is 2. The molecule has 0 aliphatic heterocycles. The van der Waals surface area contributed by atoms with Gasteiger partial charge in [-0.2, -0.15) is 10.1 Å². The van der Waals surface area contributed by atoms with Crippen LogP contribution in [-0.4, -0.2) is 39.6 Å². The van der Waals surface area contributed by atoms with Gasteiger partial charge < -0.3 is 9.67 Å². The third kappa shape index (κ3) is 3.47. The first kappa shape index (κ1) is 22.0. The maximum atomic E-state index is 12.5. The van der Waals surface area contributed by atoms with Crippen LogP contribution in [0.4, 0.5) is 5.95 Å². The van der Waals surface area contributed by atoms with Gasteiger partial charge in [0.1, 0.15) is 5.56 Å². The van der Waals surface area contributed by atoms with E-state index in [1.54, 1.807) is 19.2 Å². The van der Waals surface area contributed by atoms with Crippen LogP contribution in [0.5, 0.6) is 5.88 Å². The van der Waals surface area contributed by atoms with Crippen LogP contribution in [0.3, 0.4) is 0 Å². The predicted octanol–water partition coefficient (Wildman–Crippen LogP) is 0.639. The highest BCUT2D eigenvalue weighted by Gasteiger charge is 2.17. The zero-order chi connectivity index (χ0) is 24.0. The molecule has 170 valence electrons. The van der Waals surface area contributed by atoms with Gasteiger partial charge in [0, 0.05) is 21.1 Å². The molecule has 0 fully saturated rings. The molecule has 33 heavy (non-hydrogen) atoms. The van der Waals surface area contributed by atoms with Crippen LogP contribution in [0.15, 0.2) is 43.8 Å². The molecular formula is C20H20N8O4S. The third-order valence-electron chi connectivity index (χ3n) is 5.31. The normalized spacial score (nSPS) is 11.5. The molecule has 3 aromatic heterocycles. The molecule has 0 radical (unpaired) electrons. The number of imidazole rings is 1. The first-order valence-corrected chi connectivity index (χ1v) is 10.1. The Morgan fingerprint density at radius 1 is 1.12 bits per heavy atom. The Balaban J connectivity index is 1.78. The molecule has 3 N–H and O–H groups in total. The second-order valence-corrected chi connectivity index (χ2v) is 7.75. The maximum Gasteiger partial charge on any atom is 0.332 e. The molecule has 0 amide bonds. The van der Waals surface area contributed by atoms with Crippen LogP contribution in [-0.2, 0) is 21.1 Å². The summed E-state index contributed by atoms with van der Waals surface area (Å²) in [6, 6.07) is 7.23. The molecule has 0 unspecified atom stereocenters. The fourth-order valence-corrected chi connectivity index (χ4v) is 3.74. The fraction of sp³-hybridized carbons (Fsp3) is 0.200.